The lowest BCUT2D eigenvalue weighted by Crippen LogP contribution is -2.60. The van der Waals surface area contributed by atoms with Gasteiger partial charge in [0.1, 0.15) is 60.4 Å². The normalized spacial score (nSPS) is 15.0. The molecule has 1 rings (SSSR count). The van der Waals surface area contributed by atoms with Gasteiger partial charge in [-0.1, -0.05) is 34.6 Å². The smallest absolute Gasteiger partial charge is 0.244 e. The van der Waals surface area contributed by atoms with Gasteiger partial charge < -0.3 is 132 Å². The number of hydrogen-bond donors (Lipinski definition) is 23. The fraction of sp³-hybridized carbons (Fsp3) is 0.714. The van der Waals surface area contributed by atoms with Gasteiger partial charge in [0.2, 0.25) is 76.8 Å². The van der Waals surface area contributed by atoms with Crippen LogP contribution in [0.4, 0.5) is 0 Å². The van der Waals surface area contributed by atoms with Crippen LogP contribution in [0.25, 0.3) is 0 Å². The molecule has 1 fully saturated rings. The maximum absolute atomic E-state index is 14.7. The summed E-state index contributed by atoms with van der Waals surface area (Å²) in [5.74, 6) is -11.6. The van der Waals surface area contributed by atoms with Crippen molar-refractivity contribution in [2.24, 2.45) is 105 Å². The monoisotopic (exact) mass is 1520 g/mol. The van der Waals surface area contributed by atoms with Crippen LogP contribution in [0.15, 0.2) is 25.0 Å². The standard InChI is InChI=1S/C63H119N29O13S/c1-34(2)30-42(91-56(104)44-22-15-29-92(44)57(105)63(4,5)6)49(97)82-32-46(94)85-43(33-106-7)55(103)83-35(3)48(96)81-31-45(93)84-37(17-10-24-76-58(66)67)50(98)87-39(19-12-26-78-60(70)71)52(100)89-41(21-14-28-80-62(74)75)54(102)90-40(20-13-27-79-61(72)73)53(101)88-38(18-11-25-77-59(68)69)51(99)86-36(47(65)95)16-8-9-23-64/h34-44H,8-33,64H2,1-7H3,(H2,65,95)(H,81,96)(H,82,97)(H,83,103)(H,84,93)(H,85,94)(H,86,99)(H,87,98)(H,88,101)(H,89,100)(H,90,102)(H,91,104)(H4,66,67,76)(H4,68,69,77)(H4,70,71,78)(H4,72,73,79)(H4,74,75,80)/t35-,36+,37+,38+,39+,40+,41+,42-,43-,44-/m0/s1. The summed E-state index contributed by atoms with van der Waals surface area (Å²) in [6.07, 6.45) is 3.55. The van der Waals surface area contributed by atoms with Crippen LogP contribution in [0.1, 0.15) is 144 Å². The molecular weight excluding hydrogens is 1400 g/mol. The number of carbonyl (C=O) groups excluding carboxylic acids is 13. The molecule has 0 unspecified atom stereocenters. The van der Waals surface area contributed by atoms with E-state index >= 15 is 0 Å². The first-order chi connectivity index (χ1) is 49.8. The highest BCUT2D eigenvalue weighted by atomic mass is 32.2. The number of aliphatic imine (C=N–C) groups is 5. The van der Waals surface area contributed by atoms with Gasteiger partial charge in [-0.05, 0) is 128 Å². The van der Waals surface area contributed by atoms with E-state index in [9.17, 15) is 62.3 Å². The summed E-state index contributed by atoms with van der Waals surface area (Å²) >= 11 is 1.18. The van der Waals surface area contributed by atoms with Gasteiger partial charge in [-0.25, -0.2) is 0 Å². The molecule has 106 heavy (non-hydrogen) atoms. The van der Waals surface area contributed by atoms with E-state index in [1.54, 1.807) is 27.0 Å². The molecule has 1 aliphatic rings. The molecule has 43 heteroatoms. The van der Waals surface area contributed by atoms with E-state index in [1.807, 2.05) is 13.8 Å². The number of nitrogens with one attached hydrogen (secondary N) is 11. The zero-order chi connectivity index (χ0) is 80.2. The Morgan fingerprint density at radius 1 is 0.425 bits per heavy atom. The van der Waals surface area contributed by atoms with Crippen LogP contribution >= 0.6 is 11.8 Å². The number of nitrogens with zero attached hydrogens (tertiary/aromatic N) is 6. The second kappa shape index (κ2) is 50.3. The molecule has 1 heterocycles. The van der Waals surface area contributed by atoms with Gasteiger partial charge in [-0.15, -0.1) is 0 Å². The van der Waals surface area contributed by atoms with E-state index in [-0.39, 0.29) is 157 Å². The Balaban J connectivity index is 3.53. The topological polar surface area (TPSA) is 732 Å². The number of guanidine groups is 5. The van der Waals surface area contributed by atoms with E-state index in [4.69, 9.17) is 68.8 Å². The highest BCUT2D eigenvalue weighted by Gasteiger charge is 2.40. The third kappa shape index (κ3) is 39.6. The van der Waals surface area contributed by atoms with Crippen molar-refractivity contribution in [1.29, 1.82) is 0 Å². The first-order valence-corrected chi connectivity index (χ1v) is 36.5. The summed E-state index contributed by atoms with van der Waals surface area (Å²) in [6.45, 7) is 9.47. The second-order valence-corrected chi connectivity index (χ2v) is 27.6. The lowest BCUT2D eigenvalue weighted by Gasteiger charge is -2.31. The van der Waals surface area contributed by atoms with Gasteiger partial charge in [0.05, 0.1) is 13.1 Å². The third-order valence-corrected chi connectivity index (χ3v) is 16.6. The summed E-state index contributed by atoms with van der Waals surface area (Å²) in [5, 5.41) is 28.4. The van der Waals surface area contributed by atoms with Crippen molar-refractivity contribution in [3.8, 4) is 0 Å². The van der Waals surface area contributed by atoms with Crippen LogP contribution < -0.4 is 127 Å². The van der Waals surface area contributed by atoms with Crippen LogP contribution in [0.5, 0.6) is 0 Å². The van der Waals surface area contributed by atoms with Crippen LogP contribution in [0, 0.1) is 11.3 Å². The van der Waals surface area contributed by atoms with E-state index in [2.05, 4.69) is 83.4 Å². The van der Waals surface area contributed by atoms with E-state index < -0.39 is 150 Å². The number of primary amides is 1. The molecule has 1 saturated heterocycles. The fourth-order valence-electron chi connectivity index (χ4n) is 10.5. The average molecular weight is 1520 g/mol. The minimum Gasteiger partial charge on any atom is -0.370 e. The number of nitrogens with two attached hydrogens (primary N) is 12. The van der Waals surface area contributed by atoms with Gasteiger partial charge in [-0.3, -0.25) is 87.3 Å². The average Bonchev–Trinajstić information content (AvgIpc) is 1.71. The van der Waals surface area contributed by atoms with Crippen molar-refractivity contribution in [2.45, 2.75) is 205 Å². The number of hydrogen-bond acceptors (Lipinski definition) is 20. The van der Waals surface area contributed by atoms with Gasteiger partial charge >= 0.3 is 0 Å². The highest BCUT2D eigenvalue weighted by Crippen LogP contribution is 2.26. The molecule has 35 N–H and O–H groups in total. The maximum atomic E-state index is 14.7. The summed E-state index contributed by atoms with van der Waals surface area (Å²) in [4.78, 5) is 200. The number of amides is 13. The lowest BCUT2D eigenvalue weighted by molar-refractivity contribution is -0.145. The molecule has 42 nitrogen and oxygen atoms in total. The summed E-state index contributed by atoms with van der Waals surface area (Å²) < 4.78 is 0. The minimum atomic E-state index is -1.52. The Morgan fingerprint density at radius 2 is 0.764 bits per heavy atom. The summed E-state index contributed by atoms with van der Waals surface area (Å²) in [7, 11) is 0. The molecule has 0 aliphatic carbocycles. The molecule has 10 atom stereocenters. The van der Waals surface area contributed by atoms with Crippen molar-refractivity contribution in [2.75, 3.05) is 70.9 Å². The minimum absolute atomic E-state index is 0.0159. The van der Waals surface area contributed by atoms with Gasteiger partial charge in [0, 0.05) is 50.4 Å². The Bertz CT molecular complexity index is 3060. The zero-order valence-electron chi connectivity index (χ0n) is 62.1. The largest absolute Gasteiger partial charge is 0.370 e. The predicted molar refractivity (Wildman–Crippen MR) is 403 cm³/mol. The number of likely N-dealkylation sites (tertiary alicyclic amines) is 1. The fourth-order valence-corrected chi connectivity index (χ4v) is 11.1. The number of unbranched alkanes of at least 4 members (excludes halogenated alkanes) is 1. The summed E-state index contributed by atoms with van der Waals surface area (Å²) in [5.41, 5.74) is 66.1. The Kier molecular flexibility index (Phi) is 44.5. The van der Waals surface area contributed by atoms with Gasteiger partial charge in [-0.2, -0.15) is 11.8 Å². The third-order valence-electron chi connectivity index (χ3n) is 15.9. The highest BCUT2D eigenvalue weighted by molar-refractivity contribution is 7.98. The zero-order valence-corrected chi connectivity index (χ0v) is 62.9. The van der Waals surface area contributed by atoms with E-state index in [0.29, 0.717) is 38.8 Å². The van der Waals surface area contributed by atoms with Crippen LogP contribution in [0.2, 0.25) is 0 Å². The molecule has 600 valence electrons. The van der Waals surface area contributed by atoms with Crippen LogP contribution in [-0.2, 0) is 62.3 Å². The predicted octanol–water partition coefficient (Wildman–Crippen LogP) is -9.07. The SMILES string of the molecule is CSC[C@H](NC(=O)CNC(=O)[C@H](CC(C)C)NC(=O)[C@@H]1CCCN1C(=O)C(C)(C)C)C(=O)N[C@@H](C)C(=O)NCC(=O)N[C@H](CCCN=C(N)N)C(=O)N[C@H](CCCN=C(N)N)C(=O)N[C@H](CCCN=C(N)N)C(=O)N[C@H](CCCN=C(N)N)C(=O)N[C@H](CCCN=C(N)N)C(=O)N[C@H](CCCCN)C(N)=O. The number of thioether (sulfide) groups is 1. The van der Waals surface area contributed by atoms with Gasteiger partial charge in [0.15, 0.2) is 29.8 Å². The van der Waals surface area contributed by atoms with Crippen LogP contribution in [0.3, 0.4) is 0 Å². The first kappa shape index (κ1) is 93.8. The van der Waals surface area contributed by atoms with Crippen LogP contribution in [-0.4, -0.2) is 243 Å². The van der Waals surface area contributed by atoms with E-state index in [1.165, 1.54) is 23.6 Å². The molecule has 0 aromatic heterocycles. The van der Waals surface area contributed by atoms with Gasteiger partial charge in [0.25, 0.3) is 0 Å². The molecule has 0 bridgehead atoms. The van der Waals surface area contributed by atoms with Crippen molar-refractivity contribution in [1.82, 2.24) is 63.4 Å². The van der Waals surface area contributed by atoms with E-state index in [0.717, 1.165) is 0 Å². The molecule has 0 spiro atoms. The van der Waals surface area contributed by atoms with Crippen molar-refractivity contribution >= 4 is 118 Å². The quantitative estimate of drug-likeness (QED) is 0.0153. The number of rotatable bonds is 51. The molecular formula is C63H119N29O13S. The first-order valence-electron chi connectivity index (χ1n) is 35.1. The molecule has 0 radical (unpaired) electrons. The Hall–Kier alpha value is -10.2. The molecule has 0 aromatic carbocycles. The molecule has 1 aliphatic heterocycles. The second-order valence-electron chi connectivity index (χ2n) is 26.7. The molecule has 0 aromatic rings. The maximum Gasteiger partial charge on any atom is 0.244 e. The Labute approximate surface area is 622 Å². The van der Waals surface area contributed by atoms with Crippen molar-refractivity contribution in [3.05, 3.63) is 0 Å². The lowest BCUT2D eigenvalue weighted by atomic mass is 9.94. The Morgan fingerprint density at radius 3 is 1.10 bits per heavy atom. The van der Waals surface area contributed by atoms with Crippen molar-refractivity contribution in [3.63, 3.8) is 0 Å². The summed E-state index contributed by atoms with van der Waals surface area (Å²) in [6, 6.07) is -12.9. The number of carbonyl (C=O) groups is 13. The molecule has 13 amide bonds. The molecule has 0 saturated carbocycles. The van der Waals surface area contributed by atoms with Crippen molar-refractivity contribution < 1.29 is 62.3 Å².